The van der Waals surface area contributed by atoms with Gasteiger partial charge in [0, 0.05) is 16.3 Å². The third-order valence-corrected chi connectivity index (χ3v) is 6.20. The summed E-state index contributed by atoms with van der Waals surface area (Å²) < 4.78 is 11.1. The molecule has 6 nitrogen and oxygen atoms in total. The number of aromatic nitrogens is 2. The average molecular weight is 435 g/mol. The van der Waals surface area contributed by atoms with Gasteiger partial charge in [-0.25, -0.2) is 4.98 Å². The minimum Gasteiger partial charge on any atom is -0.494 e. The molecule has 0 bridgehead atoms. The molecule has 29 heavy (non-hydrogen) atoms. The zero-order valence-corrected chi connectivity index (χ0v) is 18.4. The normalized spacial score (nSPS) is 12.2. The zero-order chi connectivity index (χ0) is 21.1. The van der Waals surface area contributed by atoms with Gasteiger partial charge in [0.25, 0.3) is 5.56 Å². The highest BCUT2D eigenvalue weighted by atomic mass is 35.5. The van der Waals surface area contributed by atoms with Gasteiger partial charge in [-0.05, 0) is 63.4 Å². The molecule has 0 aliphatic rings. The number of rotatable bonds is 7. The lowest BCUT2D eigenvalue weighted by molar-refractivity contribution is -0.149. The molecule has 0 spiro atoms. The second-order valence-corrected chi connectivity index (χ2v) is 8.52. The number of nitrogens with one attached hydrogen (secondary N) is 1. The SMILES string of the molecule is Cc1cc(OCCCC(=O)OC(C)c2nc3sc(C)c(C)c3c(=O)[nH]2)ccc1Cl. The maximum Gasteiger partial charge on any atom is 0.306 e. The molecular formula is C21H23ClN2O4S. The lowest BCUT2D eigenvalue weighted by Gasteiger charge is -2.13. The number of aryl methyl sites for hydroxylation is 3. The van der Waals surface area contributed by atoms with Gasteiger partial charge in [-0.1, -0.05) is 11.6 Å². The summed E-state index contributed by atoms with van der Waals surface area (Å²) >= 11 is 7.45. The van der Waals surface area contributed by atoms with E-state index in [4.69, 9.17) is 21.1 Å². The minimum absolute atomic E-state index is 0.207. The molecule has 1 atom stereocenters. The molecule has 8 heteroatoms. The molecule has 1 N–H and O–H groups in total. The molecule has 0 radical (unpaired) electrons. The number of H-pyrrole nitrogens is 1. The third-order valence-electron chi connectivity index (χ3n) is 4.67. The van der Waals surface area contributed by atoms with Crippen LogP contribution in [0.2, 0.25) is 5.02 Å². The van der Waals surface area contributed by atoms with Crippen LogP contribution in [0.3, 0.4) is 0 Å². The number of hydrogen-bond acceptors (Lipinski definition) is 6. The molecule has 3 rings (SSSR count). The number of esters is 1. The van der Waals surface area contributed by atoms with Gasteiger partial charge in [0.05, 0.1) is 12.0 Å². The largest absolute Gasteiger partial charge is 0.494 e. The first-order valence-corrected chi connectivity index (χ1v) is 10.5. The van der Waals surface area contributed by atoms with Crippen LogP contribution in [0.5, 0.6) is 5.75 Å². The summed E-state index contributed by atoms with van der Waals surface area (Å²) in [5, 5.41) is 1.29. The fourth-order valence-corrected chi connectivity index (χ4v) is 4.04. The van der Waals surface area contributed by atoms with Gasteiger partial charge < -0.3 is 14.5 Å². The molecule has 2 aromatic heterocycles. The first-order chi connectivity index (χ1) is 13.8. The molecule has 3 aromatic rings. The Hall–Kier alpha value is -2.38. The van der Waals surface area contributed by atoms with Gasteiger partial charge in [0.1, 0.15) is 10.6 Å². The number of fused-ring (bicyclic) bond motifs is 1. The smallest absolute Gasteiger partial charge is 0.306 e. The molecule has 0 amide bonds. The van der Waals surface area contributed by atoms with Crippen molar-refractivity contribution in [2.45, 2.75) is 46.6 Å². The fourth-order valence-electron chi connectivity index (χ4n) is 2.89. The Morgan fingerprint density at radius 3 is 2.79 bits per heavy atom. The van der Waals surface area contributed by atoms with Crippen molar-refractivity contribution in [1.29, 1.82) is 0 Å². The maximum atomic E-state index is 12.4. The topological polar surface area (TPSA) is 81.3 Å². The van der Waals surface area contributed by atoms with E-state index in [9.17, 15) is 9.59 Å². The summed E-state index contributed by atoms with van der Waals surface area (Å²) in [6.07, 6.45) is 0.0855. The molecule has 0 aliphatic heterocycles. The highest BCUT2D eigenvalue weighted by molar-refractivity contribution is 7.18. The van der Waals surface area contributed by atoms with Crippen LogP contribution in [-0.2, 0) is 9.53 Å². The highest BCUT2D eigenvalue weighted by Gasteiger charge is 2.18. The first-order valence-electron chi connectivity index (χ1n) is 9.34. The van der Waals surface area contributed by atoms with Crippen molar-refractivity contribution in [2.75, 3.05) is 6.61 Å². The summed E-state index contributed by atoms with van der Waals surface area (Å²) in [5.74, 6) is 0.699. The molecule has 0 aliphatic carbocycles. The zero-order valence-electron chi connectivity index (χ0n) is 16.8. The van der Waals surface area contributed by atoms with E-state index in [1.165, 1.54) is 11.3 Å². The van der Waals surface area contributed by atoms with Crippen LogP contribution < -0.4 is 10.3 Å². The van der Waals surface area contributed by atoms with Crippen molar-refractivity contribution in [1.82, 2.24) is 9.97 Å². The van der Waals surface area contributed by atoms with Crippen molar-refractivity contribution in [2.24, 2.45) is 0 Å². The van der Waals surface area contributed by atoms with E-state index in [1.807, 2.05) is 26.8 Å². The number of benzene rings is 1. The van der Waals surface area contributed by atoms with Crippen molar-refractivity contribution in [3.63, 3.8) is 0 Å². The van der Waals surface area contributed by atoms with E-state index in [2.05, 4.69) is 9.97 Å². The molecule has 1 unspecified atom stereocenters. The number of ether oxygens (including phenoxy) is 2. The number of aromatic amines is 1. The van der Waals surface area contributed by atoms with E-state index >= 15 is 0 Å². The van der Waals surface area contributed by atoms with Gasteiger partial charge in [0.2, 0.25) is 0 Å². The van der Waals surface area contributed by atoms with E-state index in [0.29, 0.717) is 39.8 Å². The Morgan fingerprint density at radius 2 is 2.07 bits per heavy atom. The van der Waals surface area contributed by atoms with Gasteiger partial charge in [-0.2, -0.15) is 0 Å². The standard InChI is InChI=1S/C21H23ClN2O4S/c1-11-10-15(7-8-16(11)22)27-9-5-6-17(25)28-13(3)19-23-20(26)18-12(2)14(4)29-21(18)24-19/h7-8,10,13H,5-6,9H2,1-4H3,(H,23,24,26). The van der Waals surface area contributed by atoms with Crippen LogP contribution in [-0.4, -0.2) is 22.5 Å². The van der Waals surface area contributed by atoms with Crippen LogP contribution >= 0.6 is 22.9 Å². The van der Waals surface area contributed by atoms with Gasteiger partial charge in [0.15, 0.2) is 11.9 Å². The minimum atomic E-state index is -0.637. The Balaban J connectivity index is 1.53. The molecule has 1 aromatic carbocycles. The van der Waals surface area contributed by atoms with E-state index < -0.39 is 6.10 Å². The van der Waals surface area contributed by atoms with Gasteiger partial charge in [-0.3, -0.25) is 9.59 Å². The highest BCUT2D eigenvalue weighted by Crippen LogP contribution is 2.27. The molecule has 0 saturated carbocycles. The van der Waals surface area contributed by atoms with Gasteiger partial charge >= 0.3 is 5.97 Å². The Bertz CT molecular complexity index is 1110. The Morgan fingerprint density at radius 1 is 1.31 bits per heavy atom. The van der Waals surface area contributed by atoms with Crippen molar-refractivity contribution < 1.29 is 14.3 Å². The predicted octanol–water partition coefficient (Wildman–Crippen LogP) is 5.03. The second kappa shape index (κ2) is 8.97. The van der Waals surface area contributed by atoms with Crippen molar-refractivity contribution in [3.8, 4) is 5.75 Å². The summed E-state index contributed by atoms with van der Waals surface area (Å²) in [7, 11) is 0. The van der Waals surface area contributed by atoms with E-state index in [0.717, 1.165) is 16.0 Å². The van der Waals surface area contributed by atoms with Crippen LogP contribution in [0.1, 0.15) is 47.7 Å². The quantitative estimate of drug-likeness (QED) is 0.416. The van der Waals surface area contributed by atoms with Crippen molar-refractivity contribution >= 4 is 39.1 Å². The Kier molecular flexibility index (Phi) is 6.59. The van der Waals surface area contributed by atoms with Crippen LogP contribution in [0, 0.1) is 20.8 Å². The van der Waals surface area contributed by atoms with Crippen LogP contribution in [0.4, 0.5) is 0 Å². The second-order valence-electron chi connectivity index (χ2n) is 6.91. The van der Waals surface area contributed by atoms with Crippen LogP contribution in [0.25, 0.3) is 10.2 Å². The Labute approximate surface area is 177 Å². The number of halogens is 1. The number of carbonyl (C=O) groups excluding carboxylic acids is 1. The first kappa shape index (κ1) is 21.3. The summed E-state index contributed by atoms with van der Waals surface area (Å²) in [6, 6.07) is 5.43. The van der Waals surface area contributed by atoms with E-state index in [1.54, 1.807) is 19.1 Å². The molecule has 154 valence electrons. The number of nitrogens with zero attached hydrogens (tertiary/aromatic N) is 1. The van der Waals surface area contributed by atoms with Crippen LogP contribution in [0.15, 0.2) is 23.0 Å². The number of carbonyl (C=O) groups is 1. The molecule has 0 saturated heterocycles. The molecule has 2 heterocycles. The summed E-state index contributed by atoms with van der Waals surface area (Å²) in [5.41, 5.74) is 1.67. The summed E-state index contributed by atoms with van der Waals surface area (Å²) in [6.45, 7) is 7.85. The lowest BCUT2D eigenvalue weighted by atomic mass is 10.2. The number of hydrogen-bond donors (Lipinski definition) is 1. The maximum absolute atomic E-state index is 12.4. The number of thiophene rings is 1. The fraction of sp³-hybridized carbons (Fsp3) is 0.381. The van der Waals surface area contributed by atoms with E-state index in [-0.39, 0.29) is 17.9 Å². The average Bonchev–Trinajstić information content (AvgIpc) is 2.96. The third kappa shape index (κ3) is 4.97. The summed E-state index contributed by atoms with van der Waals surface area (Å²) in [4.78, 5) is 33.4. The lowest BCUT2D eigenvalue weighted by Crippen LogP contribution is -2.17. The molecular weight excluding hydrogens is 412 g/mol. The van der Waals surface area contributed by atoms with Gasteiger partial charge in [-0.15, -0.1) is 11.3 Å². The van der Waals surface area contributed by atoms with Crippen molar-refractivity contribution in [3.05, 3.63) is 55.4 Å². The molecule has 0 fully saturated rings. The monoisotopic (exact) mass is 434 g/mol. The predicted molar refractivity (Wildman–Crippen MR) is 115 cm³/mol.